The molecule has 0 aliphatic carbocycles. The lowest BCUT2D eigenvalue weighted by Gasteiger charge is -1.91. The predicted octanol–water partition coefficient (Wildman–Crippen LogP) is 1.97. The molecule has 2 nitrogen and oxygen atoms in total. The summed E-state index contributed by atoms with van der Waals surface area (Å²) in [5, 5.41) is 1.61. The minimum atomic E-state index is 0.271. The normalized spacial score (nSPS) is 11.2. The van der Waals surface area contributed by atoms with Crippen molar-refractivity contribution in [1.82, 2.24) is 0 Å². The molecule has 0 amide bonds. The highest BCUT2D eigenvalue weighted by Gasteiger charge is 1.90. The molecule has 0 fully saturated rings. The molecule has 0 radical (unpaired) electrons. The highest BCUT2D eigenvalue weighted by Crippen LogP contribution is 1.92. The van der Waals surface area contributed by atoms with Crippen molar-refractivity contribution in [3.8, 4) is 0 Å². The third-order valence-electron chi connectivity index (χ3n) is 0.971. The van der Waals surface area contributed by atoms with Crippen LogP contribution in [0.25, 0.3) is 0 Å². The number of rotatable bonds is 4. The molecule has 0 aliphatic heterocycles. The molecule has 0 aromatic carbocycles. The first-order valence-corrected chi connectivity index (χ1v) is 4.15. The zero-order chi connectivity index (χ0) is 9.82. The molecule has 0 heterocycles. The van der Waals surface area contributed by atoms with Crippen LogP contribution >= 0.6 is 12.2 Å². The quantitative estimate of drug-likeness (QED) is 0.382. The van der Waals surface area contributed by atoms with Crippen LogP contribution in [0.3, 0.4) is 0 Å². The largest absolute Gasteiger partial charge is 0.303 e. The number of hydrogen-bond donors (Lipinski definition) is 0. The summed E-state index contributed by atoms with van der Waals surface area (Å²) in [4.78, 5) is 19.0. The maximum Gasteiger partial charge on any atom is 0.142 e. The predicted molar refractivity (Wildman–Crippen MR) is 54.4 cm³/mol. The zero-order valence-corrected chi connectivity index (χ0v) is 8.21. The van der Waals surface area contributed by atoms with Crippen LogP contribution in [0.4, 0.5) is 0 Å². The van der Waals surface area contributed by atoms with E-state index in [1.54, 1.807) is 18.4 Å². The summed E-state index contributed by atoms with van der Waals surface area (Å²) in [6.07, 6.45) is 5.32. The van der Waals surface area contributed by atoms with Crippen molar-refractivity contribution in [2.75, 3.05) is 0 Å². The Kier molecular flexibility index (Phi) is 14.7. The van der Waals surface area contributed by atoms with Crippen LogP contribution in [-0.2, 0) is 9.59 Å². The first-order valence-electron chi connectivity index (χ1n) is 3.68. The van der Waals surface area contributed by atoms with E-state index in [2.05, 4.69) is 12.2 Å². The summed E-state index contributed by atoms with van der Waals surface area (Å²) < 4.78 is 0. The van der Waals surface area contributed by atoms with Crippen LogP contribution in [0.5, 0.6) is 0 Å². The van der Waals surface area contributed by atoms with Crippen molar-refractivity contribution in [1.29, 1.82) is 0 Å². The van der Waals surface area contributed by atoms with E-state index >= 15 is 0 Å². The molecule has 0 spiro atoms. The van der Waals surface area contributed by atoms with E-state index in [9.17, 15) is 9.59 Å². The van der Waals surface area contributed by atoms with Gasteiger partial charge in [-0.25, -0.2) is 0 Å². The highest BCUT2D eigenvalue weighted by atomic mass is 32.1. The van der Waals surface area contributed by atoms with Crippen LogP contribution in [0.2, 0.25) is 0 Å². The number of carbonyl (C=O) groups is 2. The van der Waals surface area contributed by atoms with Crippen molar-refractivity contribution < 1.29 is 9.59 Å². The molecule has 0 aromatic rings. The fraction of sp³-hybridized carbons (Fsp3) is 0.444. The van der Waals surface area contributed by atoms with Gasteiger partial charge >= 0.3 is 0 Å². The van der Waals surface area contributed by atoms with Gasteiger partial charge in [-0.2, -0.15) is 0 Å². The first-order chi connectivity index (χ1) is 5.72. The van der Waals surface area contributed by atoms with Gasteiger partial charge in [0.1, 0.15) is 12.6 Å². The molecule has 3 heteroatoms. The molecule has 1 atom stereocenters. The second-order valence-electron chi connectivity index (χ2n) is 2.18. The van der Waals surface area contributed by atoms with E-state index in [-0.39, 0.29) is 5.92 Å². The van der Waals surface area contributed by atoms with E-state index < -0.39 is 0 Å². The van der Waals surface area contributed by atoms with Crippen LogP contribution < -0.4 is 0 Å². The van der Waals surface area contributed by atoms with Crippen molar-refractivity contribution in [2.24, 2.45) is 5.92 Å². The monoisotopic (exact) mass is 186 g/mol. The second kappa shape index (κ2) is 12.8. The molecule has 68 valence electrons. The molecule has 1 unspecified atom stereocenters. The Labute approximate surface area is 78.7 Å². The lowest BCUT2D eigenvalue weighted by atomic mass is 10.2. The molecule has 0 aliphatic rings. The lowest BCUT2D eigenvalue weighted by Crippen LogP contribution is -1.92. The lowest BCUT2D eigenvalue weighted by molar-refractivity contribution is -0.108. The number of thiocarbonyl (C=S) groups is 1. The van der Waals surface area contributed by atoms with Crippen molar-refractivity contribution in [3.05, 3.63) is 12.2 Å². The average Bonchev–Trinajstić information content (AvgIpc) is 2.07. The van der Waals surface area contributed by atoms with Gasteiger partial charge in [0.15, 0.2) is 0 Å². The Bertz CT molecular complexity index is 153. The Morgan fingerprint density at radius 3 is 2.08 bits per heavy atom. The third-order valence-corrected chi connectivity index (χ3v) is 1.44. The Hall–Kier alpha value is -0.830. The van der Waals surface area contributed by atoms with Crippen molar-refractivity contribution in [2.45, 2.75) is 20.3 Å². The van der Waals surface area contributed by atoms with E-state index in [1.165, 1.54) is 6.08 Å². The van der Waals surface area contributed by atoms with Gasteiger partial charge in [-0.05, 0) is 24.3 Å². The molecule has 0 rings (SSSR count). The molecule has 0 N–H and O–H groups in total. The third kappa shape index (κ3) is 16.1. The van der Waals surface area contributed by atoms with Gasteiger partial charge in [-0.1, -0.05) is 25.2 Å². The van der Waals surface area contributed by atoms with Crippen LogP contribution in [0, 0.1) is 5.92 Å². The highest BCUT2D eigenvalue weighted by molar-refractivity contribution is 7.79. The molecule has 0 aromatic heterocycles. The standard InChI is InChI=1S/C5H8OS.C4H6O/c1-5(4-7)2-3-6;1-2-3-4-5/h3-5H,2H2,1H3;2-4H,1H3/b;3-2+. The van der Waals surface area contributed by atoms with Gasteiger partial charge < -0.3 is 4.79 Å². The smallest absolute Gasteiger partial charge is 0.142 e. The van der Waals surface area contributed by atoms with Gasteiger partial charge in [0.05, 0.1) is 0 Å². The van der Waals surface area contributed by atoms with Gasteiger partial charge in [0, 0.05) is 6.42 Å². The van der Waals surface area contributed by atoms with Gasteiger partial charge in [-0.3, -0.25) is 4.79 Å². The summed E-state index contributed by atoms with van der Waals surface area (Å²) in [7, 11) is 0. The number of allylic oxidation sites excluding steroid dienone is 2. The molecular weight excluding hydrogens is 172 g/mol. The molecule has 12 heavy (non-hydrogen) atoms. The summed E-state index contributed by atoms with van der Waals surface area (Å²) in [5.41, 5.74) is 0. The Morgan fingerprint density at radius 2 is 2.00 bits per heavy atom. The number of hydrogen-bond acceptors (Lipinski definition) is 3. The summed E-state index contributed by atoms with van der Waals surface area (Å²) in [6, 6.07) is 0. The van der Waals surface area contributed by atoms with E-state index in [0.717, 1.165) is 12.6 Å². The number of aldehydes is 2. The minimum Gasteiger partial charge on any atom is -0.303 e. The Balaban J connectivity index is 0. The van der Waals surface area contributed by atoms with E-state index in [1.807, 2.05) is 6.92 Å². The Morgan fingerprint density at radius 1 is 1.42 bits per heavy atom. The topological polar surface area (TPSA) is 34.1 Å². The van der Waals surface area contributed by atoms with E-state index in [0.29, 0.717) is 6.42 Å². The fourth-order valence-electron chi connectivity index (χ4n) is 0.286. The maximum atomic E-state index is 9.71. The molecule has 0 bridgehead atoms. The van der Waals surface area contributed by atoms with Crippen molar-refractivity contribution in [3.63, 3.8) is 0 Å². The van der Waals surface area contributed by atoms with Gasteiger partial charge in [0.2, 0.25) is 0 Å². The first kappa shape index (κ1) is 13.7. The summed E-state index contributed by atoms with van der Waals surface area (Å²) >= 11 is 4.56. The van der Waals surface area contributed by atoms with Crippen molar-refractivity contribution >= 4 is 30.2 Å². The van der Waals surface area contributed by atoms with Crippen LogP contribution in [-0.4, -0.2) is 17.9 Å². The fourth-order valence-corrected chi connectivity index (χ4v) is 0.397. The summed E-state index contributed by atoms with van der Waals surface area (Å²) in [5.74, 6) is 0.271. The zero-order valence-electron chi connectivity index (χ0n) is 7.40. The van der Waals surface area contributed by atoms with Gasteiger partial charge in [0.25, 0.3) is 0 Å². The second-order valence-corrected chi connectivity index (χ2v) is 2.45. The molecule has 0 saturated heterocycles. The SMILES string of the molecule is C/C=C/C=O.CC(C=S)CC=O. The minimum absolute atomic E-state index is 0.271. The molecule has 0 saturated carbocycles. The van der Waals surface area contributed by atoms with Gasteiger partial charge in [-0.15, -0.1) is 0 Å². The van der Waals surface area contributed by atoms with Crippen LogP contribution in [0.15, 0.2) is 12.2 Å². The molecular formula is C9H14O2S. The average molecular weight is 186 g/mol. The maximum absolute atomic E-state index is 9.71. The van der Waals surface area contributed by atoms with E-state index in [4.69, 9.17) is 0 Å². The summed E-state index contributed by atoms with van der Waals surface area (Å²) in [6.45, 7) is 3.72. The van der Waals surface area contributed by atoms with Crippen LogP contribution in [0.1, 0.15) is 20.3 Å². The number of carbonyl (C=O) groups excluding carboxylic acids is 2.